The van der Waals surface area contributed by atoms with Crippen LogP contribution in [0.2, 0.25) is 0 Å². The Morgan fingerprint density at radius 3 is 2.50 bits per heavy atom. The van der Waals surface area contributed by atoms with Crippen molar-refractivity contribution in [1.29, 1.82) is 0 Å². The minimum Gasteiger partial charge on any atom is -0.480 e. The summed E-state index contributed by atoms with van der Waals surface area (Å²) in [4.78, 5) is 24.5. The van der Waals surface area contributed by atoms with E-state index in [0.29, 0.717) is 19.0 Å². The van der Waals surface area contributed by atoms with Crippen molar-refractivity contribution in [2.24, 2.45) is 0 Å². The van der Waals surface area contributed by atoms with Gasteiger partial charge in [-0.15, -0.1) is 0 Å². The molecule has 2 atom stereocenters. The van der Waals surface area contributed by atoms with Crippen molar-refractivity contribution in [3.8, 4) is 0 Å². The molecular formula is C12H23N3O3. The molecule has 0 bridgehead atoms. The van der Waals surface area contributed by atoms with E-state index in [2.05, 4.69) is 15.5 Å². The zero-order chi connectivity index (χ0) is 13.7. The van der Waals surface area contributed by atoms with Gasteiger partial charge >= 0.3 is 12.0 Å². The van der Waals surface area contributed by atoms with Gasteiger partial charge in [0, 0.05) is 18.6 Å². The van der Waals surface area contributed by atoms with Crippen molar-refractivity contribution >= 4 is 12.0 Å². The minimum atomic E-state index is -1.00. The van der Waals surface area contributed by atoms with E-state index in [-0.39, 0.29) is 6.04 Å². The van der Waals surface area contributed by atoms with E-state index in [1.54, 1.807) is 6.92 Å². The first-order valence-corrected chi connectivity index (χ1v) is 6.44. The molecule has 104 valence electrons. The number of amides is 2. The summed E-state index contributed by atoms with van der Waals surface area (Å²) >= 11 is 0. The number of carbonyl (C=O) groups is 2. The third-order valence-electron chi connectivity index (χ3n) is 3.39. The topological polar surface area (TPSA) is 81.7 Å². The van der Waals surface area contributed by atoms with Gasteiger partial charge in [-0.25, -0.2) is 9.59 Å². The SMILES string of the molecule is CCC(NC(=O)NCC(C)N(C)C1CC1)C(=O)O. The van der Waals surface area contributed by atoms with Gasteiger partial charge in [0.2, 0.25) is 0 Å². The molecule has 0 radical (unpaired) electrons. The van der Waals surface area contributed by atoms with Gasteiger partial charge in [-0.3, -0.25) is 4.90 Å². The van der Waals surface area contributed by atoms with Gasteiger partial charge in [0.25, 0.3) is 0 Å². The van der Waals surface area contributed by atoms with Crippen molar-refractivity contribution in [1.82, 2.24) is 15.5 Å². The first-order valence-electron chi connectivity index (χ1n) is 6.44. The van der Waals surface area contributed by atoms with E-state index >= 15 is 0 Å². The lowest BCUT2D eigenvalue weighted by atomic mass is 10.2. The molecule has 2 unspecified atom stereocenters. The highest BCUT2D eigenvalue weighted by molar-refractivity contribution is 5.82. The number of likely N-dealkylation sites (N-methyl/N-ethyl adjacent to an activating group) is 1. The molecule has 1 rings (SSSR count). The Kier molecular flexibility index (Phi) is 5.40. The number of carbonyl (C=O) groups excluding carboxylic acids is 1. The molecule has 18 heavy (non-hydrogen) atoms. The number of carboxylic acids is 1. The van der Waals surface area contributed by atoms with Crippen molar-refractivity contribution in [2.45, 2.75) is 51.2 Å². The molecule has 0 saturated heterocycles. The maximum atomic E-state index is 11.5. The molecular weight excluding hydrogens is 234 g/mol. The van der Waals surface area contributed by atoms with E-state index in [9.17, 15) is 9.59 Å². The van der Waals surface area contributed by atoms with Crippen LogP contribution in [0.3, 0.4) is 0 Å². The van der Waals surface area contributed by atoms with E-state index in [0.717, 1.165) is 0 Å². The molecule has 0 aliphatic heterocycles. The van der Waals surface area contributed by atoms with E-state index < -0.39 is 18.0 Å². The molecule has 1 saturated carbocycles. The van der Waals surface area contributed by atoms with Crippen LogP contribution < -0.4 is 10.6 Å². The third-order valence-corrected chi connectivity index (χ3v) is 3.39. The average Bonchev–Trinajstić information content (AvgIpc) is 3.15. The summed E-state index contributed by atoms with van der Waals surface area (Å²) in [6, 6.07) is -0.331. The van der Waals surface area contributed by atoms with Crippen LogP contribution in [0.15, 0.2) is 0 Å². The van der Waals surface area contributed by atoms with E-state index in [1.807, 2.05) is 14.0 Å². The number of hydrogen-bond donors (Lipinski definition) is 3. The van der Waals surface area contributed by atoms with Gasteiger partial charge in [0.05, 0.1) is 0 Å². The average molecular weight is 257 g/mol. The fourth-order valence-electron chi connectivity index (χ4n) is 1.77. The number of urea groups is 1. The van der Waals surface area contributed by atoms with Gasteiger partial charge in [0.1, 0.15) is 6.04 Å². The number of nitrogens with zero attached hydrogens (tertiary/aromatic N) is 1. The fourth-order valence-corrected chi connectivity index (χ4v) is 1.77. The molecule has 0 aromatic rings. The smallest absolute Gasteiger partial charge is 0.326 e. The second-order valence-electron chi connectivity index (χ2n) is 4.90. The van der Waals surface area contributed by atoms with Crippen molar-refractivity contribution in [2.75, 3.05) is 13.6 Å². The van der Waals surface area contributed by atoms with Crippen LogP contribution in [0, 0.1) is 0 Å². The predicted molar refractivity (Wildman–Crippen MR) is 68.5 cm³/mol. The summed E-state index contributed by atoms with van der Waals surface area (Å²) in [5.41, 5.74) is 0. The maximum Gasteiger partial charge on any atom is 0.326 e. The fraction of sp³-hybridized carbons (Fsp3) is 0.833. The Labute approximate surface area is 108 Å². The molecule has 0 aromatic carbocycles. The van der Waals surface area contributed by atoms with Crippen molar-refractivity contribution in [3.63, 3.8) is 0 Å². The van der Waals surface area contributed by atoms with Crippen LogP contribution in [0.4, 0.5) is 4.79 Å². The second-order valence-corrected chi connectivity index (χ2v) is 4.90. The van der Waals surface area contributed by atoms with Crippen LogP contribution in [0.5, 0.6) is 0 Å². The van der Waals surface area contributed by atoms with Crippen LogP contribution in [0.25, 0.3) is 0 Å². The Morgan fingerprint density at radius 2 is 2.06 bits per heavy atom. The summed E-state index contributed by atoms with van der Waals surface area (Å²) in [5, 5.41) is 14.0. The zero-order valence-electron chi connectivity index (χ0n) is 11.3. The van der Waals surface area contributed by atoms with Gasteiger partial charge in [0.15, 0.2) is 0 Å². The summed E-state index contributed by atoms with van der Waals surface area (Å²) in [7, 11) is 2.05. The molecule has 6 nitrogen and oxygen atoms in total. The highest BCUT2D eigenvalue weighted by Gasteiger charge is 2.29. The molecule has 0 heterocycles. The second kappa shape index (κ2) is 6.58. The standard InChI is InChI=1S/C12H23N3O3/c1-4-10(11(16)17)14-12(18)13-7-8(2)15(3)9-5-6-9/h8-10H,4-7H2,1-3H3,(H,16,17)(H2,13,14,18). The molecule has 0 spiro atoms. The van der Waals surface area contributed by atoms with Gasteiger partial charge in [-0.1, -0.05) is 6.92 Å². The summed E-state index contributed by atoms with van der Waals surface area (Å²) in [6.45, 7) is 4.30. The van der Waals surface area contributed by atoms with E-state index in [4.69, 9.17) is 5.11 Å². The van der Waals surface area contributed by atoms with Gasteiger partial charge in [-0.05, 0) is 33.2 Å². The van der Waals surface area contributed by atoms with Gasteiger partial charge in [-0.2, -0.15) is 0 Å². The first kappa shape index (κ1) is 14.8. The Morgan fingerprint density at radius 1 is 1.44 bits per heavy atom. The summed E-state index contributed by atoms with van der Waals surface area (Å²) < 4.78 is 0. The molecule has 1 aliphatic rings. The Bertz CT molecular complexity index is 305. The Balaban J connectivity index is 2.25. The normalized spacial score (nSPS) is 18.2. The van der Waals surface area contributed by atoms with Crippen molar-refractivity contribution in [3.05, 3.63) is 0 Å². The first-order chi connectivity index (χ1) is 8.45. The zero-order valence-corrected chi connectivity index (χ0v) is 11.3. The largest absolute Gasteiger partial charge is 0.480 e. The highest BCUT2D eigenvalue weighted by Crippen LogP contribution is 2.26. The minimum absolute atomic E-state index is 0.258. The number of hydrogen-bond acceptors (Lipinski definition) is 3. The lowest BCUT2D eigenvalue weighted by Crippen LogP contribution is -2.49. The predicted octanol–water partition coefficient (Wildman–Crippen LogP) is 0.631. The van der Waals surface area contributed by atoms with Crippen LogP contribution in [-0.2, 0) is 4.79 Å². The highest BCUT2D eigenvalue weighted by atomic mass is 16.4. The summed E-state index contributed by atoms with van der Waals surface area (Å²) in [6.07, 6.45) is 2.83. The molecule has 1 fully saturated rings. The van der Waals surface area contributed by atoms with Gasteiger partial charge < -0.3 is 15.7 Å². The molecule has 3 N–H and O–H groups in total. The molecule has 6 heteroatoms. The van der Waals surface area contributed by atoms with Crippen LogP contribution in [0.1, 0.15) is 33.1 Å². The van der Waals surface area contributed by atoms with Crippen LogP contribution >= 0.6 is 0 Å². The monoisotopic (exact) mass is 257 g/mol. The lowest BCUT2D eigenvalue weighted by Gasteiger charge is -2.25. The number of aliphatic carboxylic acids is 1. The van der Waals surface area contributed by atoms with Crippen molar-refractivity contribution < 1.29 is 14.7 Å². The molecule has 2 amide bonds. The summed E-state index contributed by atoms with van der Waals surface area (Å²) in [5.74, 6) is -1.00. The number of nitrogens with one attached hydrogen (secondary N) is 2. The number of carboxylic acid groups (broad SMARTS) is 1. The maximum absolute atomic E-state index is 11.5. The Hall–Kier alpha value is -1.30. The molecule has 1 aliphatic carbocycles. The third kappa shape index (κ3) is 4.52. The molecule has 0 aromatic heterocycles. The van der Waals surface area contributed by atoms with E-state index in [1.165, 1.54) is 12.8 Å². The lowest BCUT2D eigenvalue weighted by molar-refractivity contribution is -0.139. The number of rotatable bonds is 7. The van der Waals surface area contributed by atoms with Crippen LogP contribution in [-0.4, -0.2) is 53.7 Å². The quantitative estimate of drug-likeness (QED) is 0.625.